The van der Waals surface area contributed by atoms with Gasteiger partial charge < -0.3 is 14.8 Å². The SMILES string of the molecule is CCCCOc1cccc(OCCCC)c1/C=C/C(=O)c1ccc(NC)cc1. The highest BCUT2D eigenvalue weighted by atomic mass is 16.5. The Morgan fingerprint density at radius 3 is 2.00 bits per heavy atom. The molecule has 0 bridgehead atoms. The topological polar surface area (TPSA) is 47.6 Å². The van der Waals surface area contributed by atoms with Gasteiger partial charge in [-0.25, -0.2) is 0 Å². The van der Waals surface area contributed by atoms with Gasteiger partial charge in [0.2, 0.25) is 0 Å². The van der Waals surface area contributed by atoms with Crippen molar-refractivity contribution in [1.29, 1.82) is 0 Å². The number of rotatable bonds is 12. The molecule has 0 unspecified atom stereocenters. The molecule has 4 heteroatoms. The van der Waals surface area contributed by atoms with Crippen molar-refractivity contribution in [2.75, 3.05) is 25.6 Å². The van der Waals surface area contributed by atoms with Crippen molar-refractivity contribution in [3.63, 3.8) is 0 Å². The van der Waals surface area contributed by atoms with E-state index < -0.39 is 0 Å². The number of nitrogens with one attached hydrogen (secondary N) is 1. The molecule has 0 spiro atoms. The number of hydrogen-bond donors (Lipinski definition) is 1. The number of carbonyl (C=O) groups is 1. The summed E-state index contributed by atoms with van der Waals surface area (Å²) in [5.41, 5.74) is 2.43. The van der Waals surface area contributed by atoms with E-state index in [1.807, 2.05) is 49.5 Å². The Morgan fingerprint density at radius 2 is 1.50 bits per heavy atom. The quantitative estimate of drug-likeness (QED) is 0.279. The smallest absolute Gasteiger partial charge is 0.185 e. The zero-order chi connectivity index (χ0) is 20.2. The van der Waals surface area contributed by atoms with Crippen LogP contribution < -0.4 is 14.8 Å². The molecular formula is C24H31NO3. The van der Waals surface area contributed by atoms with Crippen molar-refractivity contribution in [3.05, 3.63) is 59.7 Å². The van der Waals surface area contributed by atoms with E-state index in [4.69, 9.17) is 9.47 Å². The first-order chi connectivity index (χ1) is 13.7. The van der Waals surface area contributed by atoms with Gasteiger partial charge in [-0.05, 0) is 61.4 Å². The van der Waals surface area contributed by atoms with Crippen molar-refractivity contribution in [2.24, 2.45) is 0 Å². The van der Waals surface area contributed by atoms with E-state index in [-0.39, 0.29) is 5.78 Å². The van der Waals surface area contributed by atoms with E-state index in [1.54, 1.807) is 12.2 Å². The van der Waals surface area contributed by atoms with E-state index in [0.29, 0.717) is 18.8 Å². The summed E-state index contributed by atoms with van der Waals surface area (Å²) < 4.78 is 11.9. The van der Waals surface area contributed by atoms with Gasteiger partial charge in [-0.2, -0.15) is 0 Å². The molecule has 0 atom stereocenters. The number of ketones is 1. The van der Waals surface area contributed by atoms with Crippen LogP contribution in [0.2, 0.25) is 0 Å². The van der Waals surface area contributed by atoms with Crippen molar-refractivity contribution in [2.45, 2.75) is 39.5 Å². The minimum Gasteiger partial charge on any atom is -0.493 e. The van der Waals surface area contributed by atoms with Gasteiger partial charge in [0.15, 0.2) is 5.78 Å². The van der Waals surface area contributed by atoms with Gasteiger partial charge in [0, 0.05) is 18.3 Å². The van der Waals surface area contributed by atoms with E-state index in [9.17, 15) is 4.79 Å². The van der Waals surface area contributed by atoms with Crippen molar-refractivity contribution >= 4 is 17.5 Å². The van der Waals surface area contributed by atoms with Crippen LogP contribution >= 0.6 is 0 Å². The molecule has 28 heavy (non-hydrogen) atoms. The van der Waals surface area contributed by atoms with Crippen molar-refractivity contribution in [1.82, 2.24) is 0 Å². The Morgan fingerprint density at radius 1 is 0.929 bits per heavy atom. The van der Waals surface area contributed by atoms with Gasteiger partial charge in [-0.15, -0.1) is 0 Å². The third kappa shape index (κ3) is 6.45. The minimum absolute atomic E-state index is 0.0504. The van der Waals surface area contributed by atoms with Gasteiger partial charge in [-0.3, -0.25) is 4.79 Å². The first-order valence-electron chi connectivity index (χ1n) is 10.1. The molecule has 150 valence electrons. The average Bonchev–Trinajstić information content (AvgIpc) is 2.73. The summed E-state index contributed by atoms with van der Waals surface area (Å²) in [6.07, 6.45) is 7.50. The first-order valence-corrected chi connectivity index (χ1v) is 10.1. The van der Waals surface area contributed by atoms with E-state index in [2.05, 4.69) is 19.2 Å². The Labute approximate surface area is 168 Å². The van der Waals surface area contributed by atoms with Crippen LogP contribution in [0.25, 0.3) is 6.08 Å². The minimum atomic E-state index is -0.0504. The zero-order valence-corrected chi connectivity index (χ0v) is 17.2. The highest BCUT2D eigenvalue weighted by molar-refractivity contribution is 6.07. The number of unbranched alkanes of at least 4 members (excludes halogenated alkanes) is 2. The number of benzene rings is 2. The molecule has 0 amide bonds. The molecule has 2 aromatic rings. The fraction of sp³-hybridized carbons (Fsp3) is 0.375. The lowest BCUT2D eigenvalue weighted by atomic mass is 10.1. The second-order valence-corrected chi connectivity index (χ2v) is 6.60. The summed E-state index contributed by atoms with van der Waals surface area (Å²) in [5, 5.41) is 3.05. The molecule has 0 heterocycles. The first kappa shape index (κ1) is 21.5. The normalized spacial score (nSPS) is 10.8. The largest absolute Gasteiger partial charge is 0.493 e. The van der Waals surface area contributed by atoms with Gasteiger partial charge in [-0.1, -0.05) is 32.8 Å². The van der Waals surface area contributed by atoms with Crippen LogP contribution in [0.4, 0.5) is 5.69 Å². The van der Waals surface area contributed by atoms with Gasteiger partial charge in [0.05, 0.1) is 18.8 Å². The highest BCUT2D eigenvalue weighted by Crippen LogP contribution is 2.30. The number of anilines is 1. The highest BCUT2D eigenvalue weighted by Gasteiger charge is 2.10. The fourth-order valence-corrected chi connectivity index (χ4v) is 2.65. The van der Waals surface area contributed by atoms with Crippen LogP contribution in [-0.2, 0) is 0 Å². The molecule has 0 radical (unpaired) electrons. The lowest BCUT2D eigenvalue weighted by molar-refractivity contribution is 0.104. The van der Waals surface area contributed by atoms with Gasteiger partial charge in [0.1, 0.15) is 11.5 Å². The summed E-state index contributed by atoms with van der Waals surface area (Å²) in [5.74, 6) is 1.44. The average molecular weight is 382 g/mol. The number of hydrogen-bond acceptors (Lipinski definition) is 4. The van der Waals surface area contributed by atoms with Gasteiger partial charge in [0.25, 0.3) is 0 Å². The second kappa shape index (κ2) is 11.9. The molecule has 2 aromatic carbocycles. The van der Waals surface area contributed by atoms with Crippen LogP contribution in [0.5, 0.6) is 11.5 Å². The maximum absolute atomic E-state index is 12.6. The predicted molar refractivity (Wildman–Crippen MR) is 117 cm³/mol. The van der Waals surface area contributed by atoms with Crippen LogP contribution in [-0.4, -0.2) is 26.0 Å². The molecule has 4 nitrogen and oxygen atoms in total. The summed E-state index contributed by atoms with van der Waals surface area (Å²) in [4.78, 5) is 12.6. The van der Waals surface area contributed by atoms with Crippen LogP contribution in [0.15, 0.2) is 48.5 Å². The van der Waals surface area contributed by atoms with E-state index in [0.717, 1.165) is 48.4 Å². The van der Waals surface area contributed by atoms with Crippen molar-refractivity contribution in [3.8, 4) is 11.5 Å². The van der Waals surface area contributed by atoms with Crippen LogP contribution in [0.1, 0.15) is 55.5 Å². The molecule has 0 saturated carbocycles. The number of allylic oxidation sites excluding steroid dienone is 1. The third-order valence-corrected chi connectivity index (χ3v) is 4.40. The molecule has 0 aliphatic rings. The molecule has 0 fully saturated rings. The molecule has 0 aromatic heterocycles. The van der Waals surface area contributed by atoms with Crippen molar-refractivity contribution < 1.29 is 14.3 Å². The summed E-state index contributed by atoms with van der Waals surface area (Å²) in [6.45, 7) is 5.56. The monoisotopic (exact) mass is 381 g/mol. The Bertz CT molecular complexity index is 738. The Balaban J connectivity index is 2.22. The molecular weight excluding hydrogens is 350 g/mol. The Hall–Kier alpha value is -2.75. The molecule has 1 N–H and O–H groups in total. The second-order valence-electron chi connectivity index (χ2n) is 6.60. The standard InChI is InChI=1S/C24H31NO3/c1-4-6-17-27-23-9-8-10-24(28-18-7-5-2)21(23)15-16-22(26)19-11-13-20(25-3)14-12-19/h8-16,25H,4-7,17-18H2,1-3H3/b16-15+. The molecule has 0 aliphatic carbocycles. The predicted octanol–water partition coefficient (Wildman–Crippen LogP) is 5.98. The van der Waals surface area contributed by atoms with Gasteiger partial charge >= 0.3 is 0 Å². The third-order valence-electron chi connectivity index (χ3n) is 4.40. The lowest BCUT2D eigenvalue weighted by Crippen LogP contribution is -2.02. The van der Waals surface area contributed by atoms with Crippen LogP contribution in [0.3, 0.4) is 0 Å². The maximum atomic E-state index is 12.6. The summed E-state index contributed by atoms with van der Waals surface area (Å²) >= 11 is 0. The lowest BCUT2D eigenvalue weighted by Gasteiger charge is -2.14. The molecule has 2 rings (SSSR count). The fourth-order valence-electron chi connectivity index (χ4n) is 2.65. The summed E-state index contributed by atoms with van der Waals surface area (Å²) in [6, 6.07) is 13.2. The zero-order valence-electron chi connectivity index (χ0n) is 17.2. The Kier molecular flexibility index (Phi) is 9.13. The van der Waals surface area contributed by atoms with Crippen LogP contribution in [0, 0.1) is 0 Å². The summed E-state index contributed by atoms with van der Waals surface area (Å²) in [7, 11) is 1.85. The molecule has 0 aliphatic heterocycles. The number of ether oxygens (including phenoxy) is 2. The maximum Gasteiger partial charge on any atom is 0.185 e. The van der Waals surface area contributed by atoms with E-state index >= 15 is 0 Å². The number of carbonyl (C=O) groups excluding carboxylic acids is 1. The molecule has 0 saturated heterocycles. The van der Waals surface area contributed by atoms with E-state index in [1.165, 1.54) is 0 Å².